The van der Waals surface area contributed by atoms with E-state index in [4.69, 9.17) is 9.47 Å². The van der Waals surface area contributed by atoms with Crippen LogP contribution in [0, 0.1) is 6.20 Å². The summed E-state index contributed by atoms with van der Waals surface area (Å²) in [7, 11) is 3.14. The van der Waals surface area contributed by atoms with E-state index in [1.807, 2.05) is 0 Å². The fourth-order valence-electron chi connectivity index (χ4n) is 0.578. The molecule has 3 nitrogen and oxygen atoms in total. The number of ether oxygens (including phenoxy) is 2. The van der Waals surface area contributed by atoms with Gasteiger partial charge >= 0.3 is 0 Å². The van der Waals surface area contributed by atoms with Crippen molar-refractivity contribution in [2.24, 2.45) is 0 Å². The molecule has 0 aliphatic carbocycles. The molecule has 10 heavy (non-hydrogen) atoms. The average Bonchev–Trinajstić information content (AvgIpc) is 2.05. The van der Waals surface area contributed by atoms with Crippen LogP contribution in [0.15, 0.2) is 12.1 Å². The van der Waals surface area contributed by atoms with Gasteiger partial charge in [-0.3, -0.25) is 0 Å². The largest absolute Gasteiger partial charge is 0.496 e. The molecule has 0 fully saturated rings. The van der Waals surface area contributed by atoms with Crippen molar-refractivity contribution in [3.05, 3.63) is 18.3 Å². The molecule has 0 aliphatic rings. The number of aromatic nitrogens is 1. The van der Waals surface area contributed by atoms with Crippen LogP contribution >= 0.6 is 0 Å². The highest BCUT2D eigenvalue weighted by Crippen LogP contribution is 2.13. The fraction of sp³-hybridized carbons (Fsp3) is 0.286. The quantitative estimate of drug-likeness (QED) is 0.608. The first kappa shape index (κ1) is 6.86. The molecule has 1 aromatic heterocycles. The maximum Gasteiger partial charge on any atom is 0.217 e. The lowest BCUT2D eigenvalue weighted by atomic mass is 10.4. The summed E-state index contributed by atoms with van der Waals surface area (Å²) in [4.78, 5) is 3.78. The predicted octanol–water partition coefficient (Wildman–Crippen LogP) is 0.899. The lowest BCUT2D eigenvalue weighted by molar-refractivity contribution is 0.382. The standard InChI is InChI=1S/C7H8NO2/c1-9-6-3-4-8-7(5-6)10-2/h3,5H,1-2H3. The molecule has 0 amide bonds. The van der Waals surface area contributed by atoms with Gasteiger partial charge in [0.15, 0.2) is 0 Å². The zero-order valence-electron chi connectivity index (χ0n) is 5.92. The van der Waals surface area contributed by atoms with Gasteiger partial charge in [-0.25, -0.2) is 4.98 Å². The van der Waals surface area contributed by atoms with Gasteiger partial charge in [-0.1, -0.05) is 0 Å². The molecule has 0 atom stereocenters. The topological polar surface area (TPSA) is 31.4 Å². The Morgan fingerprint density at radius 1 is 1.40 bits per heavy atom. The molecule has 0 saturated carbocycles. The molecule has 0 aliphatic heterocycles. The molecule has 1 radical (unpaired) electrons. The Labute approximate surface area is 59.6 Å². The van der Waals surface area contributed by atoms with Crippen molar-refractivity contribution in [1.29, 1.82) is 0 Å². The zero-order valence-corrected chi connectivity index (χ0v) is 5.92. The van der Waals surface area contributed by atoms with Crippen molar-refractivity contribution in [3.8, 4) is 11.6 Å². The molecular weight excluding hydrogens is 130 g/mol. The minimum Gasteiger partial charge on any atom is -0.496 e. The smallest absolute Gasteiger partial charge is 0.217 e. The van der Waals surface area contributed by atoms with Crippen LogP contribution in [-0.2, 0) is 0 Å². The second-order valence-electron chi connectivity index (χ2n) is 1.68. The van der Waals surface area contributed by atoms with Gasteiger partial charge in [-0.2, -0.15) is 0 Å². The first-order valence-electron chi connectivity index (χ1n) is 2.83. The summed E-state index contributed by atoms with van der Waals surface area (Å²) >= 11 is 0. The first-order chi connectivity index (χ1) is 4.86. The zero-order chi connectivity index (χ0) is 7.40. The molecule has 0 saturated heterocycles. The number of rotatable bonds is 2. The van der Waals surface area contributed by atoms with Crippen LogP contribution in [0.1, 0.15) is 0 Å². The van der Waals surface area contributed by atoms with E-state index in [9.17, 15) is 0 Å². The van der Waals surface area contributed by atoms with Crippen LogP contribution in [0.2, 0.25) is 0 Å². The fourth-order valence-corrected chi connectivity index (χ4v) is 0.578. The molecule has 3 heteroatoms. The van der Waals surface area contributed by atoms with E-state index in [-0.39, 0.29) is 0 Å². The summed E-state index contributed by atoms with van der Waals surface area (Å²) in [5.74, 6) is 1.21. The van der Waals surface area contributed by atoms with Gasteiger partial charge in [0, 0.05) is 12.1 Å². The molecule has 1 aromatic rings. The van der Waals surface area contributed by atoms with Crippen LogP contribution in [0.4, 0.5) is 0 Å². The summed E-state index contributed by atoms with van der Waals surface area (Å²) in [5, 5.41) is 0. The molecule has 53 valence electrons. The van der Waals surface area contributed by atoms with Gasteiger partial charge < -0.3 is 9.47 Å². The number of hydrogen-bond acceptors (Lipinski definition) is 3. The van der Waals surface area contributed by atoms with Crippen molar-refractivity contribution < 1.29 is 9.47 Å². The number of hydrogen-bond donors (Lipinski definition) is 0. The Hall–Kier alpha value is -1.25. The Morgan fingerprint density at radius 2 is 2.20 bits per heavy atom. The van der Waals surface area contributed by atoms with Crippen molar-refractivity contribution in [2.45, 2.75) is 0 Å². The van der Waals surface area contributed by atoms with E-state index in [0.29, 0.717) is 11.6 Å². The summed E-state index contributed by atoms with van der Waals surface area (Å²) < 4.78 is 9.74. The van der Waals surface area contributed by atoms with Gasteiger partial charge in [0.2, 0.25) is 5.88 Å². The predicted molar refractivity (Wildman–Crippen MR) is 36.2 cm³/mol. The number of pyridine rings is 1. The summed E-state index contributed by atoms with van der Waals surface area (Å²) in [5.41, 5.74) is 0. The van der Waals surface area contributed by atoms with Gasteiger partial charge in [-0.05, 0) is 0 Å². The van der Waals surface area contributed by atoms with E-state index in [0.717, 1.165) is 0 Å². The van der Waals surface area contributed by atoms with Crippen LogP contribution < -0.4 is 9.47 Å². The summed E-state index contributed by atoms with van der Waals surface area (Å²) in [6.07, 6.45) is 2.63. The van der Waals surface area contributed by atoms with E-state index in [2.05, 4.69) is 11.2 Å². The Balaban J connectivity index is 2.87. The lowest BCUT2D eigenvalue weighted by Crippen LogP contribution is -1.88. The van der Waals surface area contributed by atoms with Gasteiger partial charge in [0.1, 0.15) is 5.75 Å². The monoisotopic (exact) mass is 138 g/mol. The van der Waals surface area contributed by atoms with Crippen molar-refractivity contribution in [1.82, 2.24) is 4.98 Å². The van der Waals surface area contributed by atoms with E-state index < -0.39 is 0 Å². The van der Waals surface area contributed by atoms with Gasteiger partial charge in [0.25, 0.3) is 0 Å². The Morgan fingerprint density at radius 3 is 2.80 bits per heavy atom. The molecular formula is C7H8NO2. The molecule has 0 unspecified atom stereocenters. The maximum absolute atomic E-state index is 4.91. The van der Waals surface area contributed by atoms with Crippen LogP contribution in [-0.4, -0.2) is 19.2 Å². The number of nitrogens with zero attached hydrogens (tertiary/aromatic N) is 1. The van der Waals surface area contributed by atoms with Crippen LogP contribution in [0.5, 0.6) is 11.6 Å². The normalized spacial score (nSPS) is 9.00. The third-order valence-corrected chi connectivity index (χ3v) is 1.09. The minimum atomic E-state index is 0.513. The third kappa shape index (κ3) is 1.37. The molecule has 1 rings (SSSR count). The maximum atomic E-state index is 4.91. The minimum absolute atomic E-state index is 0.513. The number of methoxy groups -OCH3 is 2. The van der Waals surface area contributed by atoms with Gasteiger partial charge in [0.05, 0.1) is 20.4 Å². The van der Waals surface area contributed by atoms with Crippen molar-refractivity contribution >= 4 is 0 Å². The second-order valence-corrected chi connectivity index (χ2v) is 1.68. The Bertz CT molecular complexity index is 193. The highest BCUT2D eigenvalue weighted by Gasteiger charge is 1.93. The van der Waals surface area contributed by atoms with E-state index in [1.165, 1.54) is 0 Å². The van der Waals surface area contributed by atoms with Gasteiger partial charge in [-0.15, -0.1) is 0 Å². The Kier molecular flexibility index (Phi) is 2.10. The highest BCUT2D eigenvalue weighted by molar-refractivity contribution is 5.25. The SMILES string of the molecule is COc1c[c]nc(OC)c1. The molecule has 0 aromatic carbocycles. The second kappa shape index (κ2) is 3.06. The van der Waals surface area contributed by atoms with E-state index in [1.54, 1.807) is 26.4 Å². The third-order valence-electron chi connectivity index (χ3n) is 1.09. The molecule has 0 bridgehead atoms. The highest BCUT2D eigenvalue weighted by atomic mass is 16.5. The molecule has 1 heterocycles. The first-order valence-corrected chi connectivity index (χ1v) is 2.83. The molecule has 0 N–H and O–H groups in total. The van der Waals surface area contributed by atoms with Crippen molar-refractivity contribution in [2.75, 3.05) is 14.2 Å². The average molecular weight is 138 g/mol. The van der Waals surface area contributed by atoms with Crippen molar-refractivity contribution in [3.63, 3.8) is 0 Å². The summed E-state index contributed by atoms with van der Waals surface area (Å²) in [6, 6.07) is 3.33. The summed E-state index contributed by atoms with van der Waals surface area (Å²) in [6.45, 7) is 0. The molecule has 0 spiro atoms. The van der Waals surface area contributed by atoms with Crippen LogP contribution in [0.3, 0.4) is 0 Å². The lowest BCUT2D eigenvalue weighted by Gasteiger charge is -1.99. The van der Waals surface area contributed by atoms with E-state index >= 15 is 0 Å². The van der Waals surface area contributed by atoms with Crippen LogP contribution in [0.25, 0.3) is 0 Å².